The Morgan fingerprint density at radius 2 is 2.00 bits per heavy atom. The molecule has 0 aliphatic carbocycles. The number of hydrogen-bond donors (Lipinski definition) is 0. The number of esters is 1. The summed E-state index contributed by atoms with van der Waals surface area (Å²) in [6.07, 6.45) is 0. The van der Waals surface area contributed by atoms with Gasteiger partial charge < -0.3 is 19.1 Å². The summed E-state index contributed by atoms with van der Waals surface area (Å²) in [4.78, 5) is 13.9. The van der Waals surface area contributed by atoms with Gasteiger partial charge in [0, 0.05) is 6.04 Å². The molecule has 0 spiro atoms. The first-order valence-electron chi connectivity index (χ1n) is 6.31. The molecular formula is C14H19NO4. The Labute approximate surface area is 113 Å². The van der Waals surface area contributed by atoms with Crippen molar-refractivity contribution in [1.82, 2.24) is 4.90 Å². The molecule has 2 rings (SSSR count). The van der Waals surface area contributed by atoms with Crippen molar-refractivity contribution in [2.24, 2.45) is 0 Å². The monoisotopic (exact) mass is 265 g/mol. The minimum atomic E-state index is -0.342. The summed E-state index contributed by atoms with van der Waals surface area (Å²) in [6, 6.07) is 5.27. The molecule has 1 atom stereocenters. The van der Waals surface area contributed by atoms with Gasteiger partial charge in [0.15, 0.2) is 11.5 Å². The molecule has 5 heteroatoms. The molecule has 104 valence electrons. The molecule has 0 radical (unpaired) electrons. The van der Waals surface area contributed by atoms with Crippen LogP contribution in [0.1, 0.15) is 17.3 Å². The number of ether oxygens (including phenoxy) is 3. The fraction of sp³-hybridized carbons (Fsp3) is 0.500. The van der Waals surface area contributed by atoms with E-state index in [-0.39, 0.29) is 12.0 Å². The highest BCUT2D eigenvalue weighted by molar-refractivity contribution is 5.90. The van der Waals surface area contributed by atoms with Crippen molar-refractivity contribution in [3.05, 3.63) is 23.8 Å². The highest BCUT2D eigenvalue weighted by Crippen LogP contribution is 2.30. The van der Waals surface area contributed by atoms with Gasteiger partial charge in [-0.2, -0.15) is 0 Å². The van der Waals surface area contributed by atoms with Gasteiger partial charge in [-0.3, -0.25) is 0 Å². The minimum Gasteiger partial charge on any atom is -0.486 e. The molecule has 0 saturated carbocycles. The van der Waals surface area contributed by atoms with Gasteiger partial charge in [-0.15, -0.1) is 0 Å². The summed E-state index contributed by atoms with van der Waals surface area (Å²) in [5.41, 5.74) is 0.482. The number of nitrogens with zero attached hydrogens (tertiary/aromatic N) is 1. The average molecular weight is 265 g/mol. The maximum absolute atomic E-state index is 11.9. The average Bonchev–Trinajstić information content (AvgIpc) is 2.43. The summed E-state index contributed by atoms with van der Waals surface area (Å²) in [7, 11) is 3.89. The summed E-state index contributed by atoms with van der Waals surface area (Å²) < 4.78 is 16.1. The van der Waals surface area contributed by atoms with E-state index in [1.165, 1.54) is 0 Å². The lowest BCUT2D eigenvalue weighted by atomic mass is 10.2. The van der Waals surface area contributed by atoms with E-state index in [9.17, 15) is 4.79 Å². The zero-order valence-corrected chi connectivity index (χ0v) is 11.5. The van der Waals surface area contributed by atoms with Crippen molar-refractivity contribution in [2.45, 2.75) is 13.0 Å². The van der Waals surface area contributed by atoms with Gasteiger partial charge in [0.25, 0.3) is 0 Å². The number of benzene rings is 1. The maximum Gasteiger partial charge on any atom is 0.338 e. The summed E-state index contributed by atoms with van der Waals surface area (Å²) >= 11 is 0. The quantitative estimate of drug-likeness (QED) is 0.773. The van der Waals surface area contributed by atoms with Gasteiger partial charge in [-0.1, -0.05) is 0 Å². The lowest BCUT2D eigenvalue weighted by Crippen LogP contribution is -2.30. The molecule has 0 aromatic heterocycles. The van der Waals surface area contributed by atoms with Crippen molar-refractivity contribution < 1.29 is 19.0 Å². The van der Waals surface area contributed by atoms with Crippen LogP contribution in [0, 0.1) is 0 Å². The Bertz CT molecular complexity index is 459. The van der Waals surface area contributed by atoms with Crippen LogP contribution in [0.4, 0.5) is 0 Å². The second-order valence-electron chi connectivity index (χ2n) is 4.77. The van der Waals surface area contributed by atoms with Crippen LogP contribution in [0.2, 0.25) is 0 Å². The lowest BCUT2D eigenvalue weighted by molar-refractivity contribution is 0.0415. The molecule has 1 aliphatic rings. The lowest BCUT2D eigenvalue weighted by Gasteiger charge is -2.20. The Balaban J connectivity index is 1.99. The van der Waals surface area contributed by atoms with Crippen LogP contribution < -0.4 is 9.47 Å². The Hall–Kier alpha value is -1.75. The first kappa shape index (κ1) is 13.7. The predicted molar refractivity (Wildman–Crippen MR) is 70.9 cm³/mol. The number of hydrogen-bond acceptors (Lipinski definition) is 5. The third-order valence-electron chi connectivity index (χ3n) is 3.12. The molecule has 1 aliphatic heterocycles. The number of carbonyl (C=O) groups is 1. The van der Waals surface area contributed by atoms with E-state index >= 15 is 0 Å². The third-order valence-corrected chi connectivity index (χ3v) is 3.12. The fourth-order valence-electron chi connectivity index (χ4n) is 1.60. The van der Waals surface area contributed by atoms with E-state index in [4.69, 9.17) is 14.2 Å². The largest absolute Gasteiger partial charge is 0.486 e. The normalized spacial score (nSPS) is 15.2. The third kappa shape index (κ3) is 3.38. The van der Waals surface area contributed by atoms with Crippen molar-refractivity contribution >= 4 is 5.97 Å². The molecule has 19 heavy (non-hydrogen) atoms. The maximum atomic E-state index is 11.9. The van der Waals surface area contributed by atoms with Crippen LogP contribution in [0.15, 0.2) is 18.2 Å². The van der Waals surface area contributed by atoms with E-state index in [1.54, 1.807) is 18.2 Å². The standard InChI is InChI=1S/C14H19NO4/c1-10(15(2)3)9-19-14(16)11-4-5-12-13(8-11)18-7-6-17-12/h4-5,8,10H,6-7,9H2,1-3H3. The zero-order chi connectivity index (χ0) is 13.8. The molecule has 0 amide bonds. The molecule has 0 fully saturated rings. The molecule has 5 nitrogen and oxygen atoms in total. The molecule has 0 N–H and O–H groups in total. The molecule has 1 unspecified atom stereocenters. The molecule has 0 saturated heterocycles. The van der Waals surface area contributed by atoms with Crippen LogP contribution in [0.5, 0.6) is 11.5 Å². The topological polar surface area (TPSA) is 48.0 Å². The molecule has 1 aromatic carbocycles. The Kier molecular flexibility index (Phi) is 4.27. The smallest absolute Gasteiger partial charge is 0.338 e. The van der Waals surface area contributed by atoms with Crippen molar-refractivity contribution in [2.75, 3.05) is 33.9 Å². The molecule has 0 bridgehead atoms. The Morgan fingerprint density at radius 1 is 1.32 bits per heavy atom. The number of carbonyl (C=O) groups excluding carboxylic acids is 1. The van der Waals surface area contributed by atoms with Crippen LogP contribution in [0.3, 0.4) is 0 Å². The number of rotatable bonds is 4. The summed E-state index contributed by atoms with van der Waals surface area (Å²) in [6.45, 7) is 3.40. The Morgan fingerprint density at radius 3 is 2.68 bits per heavy atom. The second-order valence-corrected chi connectivity index (χ2v) is 4.77. The van der Waals surface area contributed by atoms with E-state index in [2.05, 4.69) is 0 Å². The van der Waals surface area contributed by atoms with Gasteiger partial charge in [-0.05, 0) is 39.2 Å². The van der Waals surface area contributed by atoms with E-state index in [1.807, 2.05) is 25.9 Å². The minimum absolute atomic E-state index is 0.182. The predicted octanol–water partition coefficient (Wildman–Crippen LogP) is 1.56. The number of likely N-dealkylation sites (N-methyl/N-ethyl adjacent to an activating group) is 1. The van der Waals surface area contributed by atoms with Gasteiger partial charge >= 0.3 is 5.97 Å². The van der Waals surface area contributed by atoms with Crippen molar-refractivity contribution in [3.63, 3.8) is 0 Å². The van der Waals surface area contributed by atoms with Crippen LogP contribution >= 0.6 is 0 Å². The van der Waals surface area contributed by atoms with Crippen molar-refractivity contribution in [3.8, 4) is 11.5 Å². The SMILES string of the molecule is CC(COC(=O)c1ccc2c(c1)OCCO2)N(C)C. The summed E-state index contributed by atoms with van der Waals surface area (Å²) in [5.74, 6) is 0.927. The fourth-order valence-corrected chi connectivity index (χ4v) is 1.60. The molecule has 1 aromatic rings. The highest BCUT2D eigenvalue weighted by atomic mass is 16.6. The zero-order valence-electron chi connectivity index (χ0n) is 11.5. The van der Waals surface area contributed by atoms with Crippen LogP contribution in [0.25, 0.3) is 0 Å². The highest BCUT2D eigenvalue weighted by Gasteiger charge is 2.16. The van der Waals surface area contributed by atoms with Gasteiger partial charge in [0.1, 0.15) is 19.8 Å². The number of fused-ring (bicyclic) bond motifs is 1. The summed E-state index contributed by atoms with van der Waals surface area (Å²) in [5, 5.41) is 0. The van der Waals surface area contributed by atoms with Gasteiger partial charge in [0.2, 0.25) is 0 Å². The van der Waals surface area contributed by atoms with E-state index < -0.39 is 0 Å². The van der Waals surface area contributed by atoms with E-state index in [0.717, 1.165) is 0 Å². The molecule has 1 heterocycles. The van der Waals surface area contributed by atoms with Crippen molar-refractivity contribution in [1.29, 1.82) is 0 Å². The second kappa shape index (κ2) is 5.93. The van der Waals surface area contributed by atoms with Gasteiger partial charge in [-0.25, -0.2) is 4.79 Å². The molecular weight excluding hydrogens is 246 g/mol. The van der Waals surface area contributed by atoms with Gasteiger partial charge in [0.05, 0.1) is 5.56 Å². The first-order valence-corrected chi connectivity index (χ1v) is 6.31. The van der Waals surface area contributed by atoms with E-state index in [0.29, 0.717) is 36.9 Å². The first-order chi connectivity index (χ1) is 9.08. The van der Waals surface area contributed by atoms with Crippen LogP contribution in [-0.2, 0) is 4.74 Å². The van der Waals surface area contributed by atoms with Crippen LogP contribution in [-0.4, -0.2) is 50.8 Å².